The lowest BCUT2D eigenvalue weighted by atomic mass is 10.1. The highest BCUT2D eigenvalue weighted by atomic mass is 16.5. The molecule has 2 heterocycles. The van der Waals surface area contributed by atoms with Crippen molar-refractivity contribution in [3.05, 3.63) is 48.4 Å². The summed E-state index contributed by atoms with van der Waals surface area (Å²) >= 11 is 0. The van der Waals surface area contributed by atoms with Crippen LogP contribution in [-0.2, 0) is 6.61 Å². The third kappa shape index (κ3) is 3.90. The number of hydrogen-bond acceptors (Lipinski definition) is 6. The average Bonchev–Trinajstić information content (AvgIpc) is 2.61. The van der Waals surface area contributed by atoms with Crippen LogP contribution in [0.2, 0.25) is 0 Å². The highest BCUT2D eigenvalue weighted by Crippen LogP contribution is 2.23. The van der Waals surface area contributed by atoms with E-state index in [0.717, 1.165) is 35.9 Å². The van der Waals surface area contributed by atoms with Crippen LogP contribution in [0.1, 0.15) is 25.5 Å². The summed E-state index contributed by atoms with van der Waals surface area (Å²) in [7, 11) is 0. The first-order chi connectivity index (χ1) is 11.8. The maximum atomic E-state index is 5.85. The molecular formula is C18H21N5O. The van der Waals surface area contributed by atoms with Gasteiger partial charge in [-0.05, 0) is 17.9 Å². The molecule has 0 aliphatic carbocycles. The Morgan fingerprint density at radius 2 is 1.96 bits per heavy atom. The highest BCUT2D eigenvalue weighted by molar-refractivity contribution is 5.81. The molecule has 6 nitrogen and oxygen atoms in total. The Labute approximate surface area is 141 Å². The van der Waals surface area contributed by atoms with Crippen LogP contribution in [0.5, 0.6) is 5.75 Å². The molecule has 0 unspecified atom stereocenters. The van der Waals surface area contributed by atoms with E-state index >= 15 is 0 Å². The molecule has 0 saturated heterocycles. The lowest BCUT2D eigenvalue weighted by Crippen LogP contribution is -2.09. The van der Waals surface area contributed by atoms with Gasteiger partial charge in [-0.25, -0.2) is 4.98 Å². The standard InChI is InChI=1S/C18H21N5O/c1-2-3-8-20-17-16(11-22-18(19)23-17)24-12-15-9-13-6-4-5-7-14(13)10-21-15/h4-7,9-11H,2-3,8,12H2,1H3,(H3,19,20,22,23). The Kier molecular flexibility index (Phi) is 5.05. The predicted octanol–water partition coefficient (Wildman–Crippen LogP) is 3.40. The fraction of sp³-hybridized carbons (Fsp3) is 0.278. The summed E-state index contributed by atoms with van der Waals surface area (Å²) in [6, 6.07) is 10.1. The monoisotopic (exact) mass is 323 g/mol. The first-order valence-electron chi connectivity index (χ1n) is 8.09. The molecule has 6 heteroatoms. The minimum atomic E-state index is 0.227. The second-order valence-corrected chi connectivity index (χ2v) is 5.53. The first-order valence-corrected chi connectivity index (χ1v) is 8.09. The number of ether oxygens (including phenoxy) is 1. The van der Waals surface area contributed by atoms with Crippen molar-refractivity contribution in [2.45, 2.75) is 26.4 Å². The summed E-state index contributed by atoms with van der Waals surface area (Å²) in [4.78, 5) is 12.7. The molecule has 3 N–H and O–H groups in total. The number of unbranched alkanes of at least 4 members (excludes halogenated alkanes) is 1. The van der Waals surface area contributed by atoms with Gasteiger partial charge in [0.2, 0.25) is 5.95 Å². The number of nitrogen functional groups attached to an aromatic ring is 1. The van der Waals surface area contributed by atoms with Crippen molar-refractivity contribution in [2.75, 3.05) is 17.6 Å². The van der Waals surface area contributed by atoms with Crippen LogP contribution < -0.4 is 15.8 Å². The molecule has 0 saturated carbocycles. The summed E-state index contributed by atoms with van der Waals surface area (Å²) < 4.78 is 5.85. The quantitative estimate of drug-likeness (QED) is 0.648. The van der Waals surface area contributed by atoms with Crippen LogP contribution >= 0.6 is 0 Å². The van der Waals surface area contributed by atoms with Gasteiger partial charge in [-0.2, -0.15) is 4.98 Å². The second-order valence-electron chi connectivity index (χ2n) is 5.53. The fourth-order valence-electron chi connectivity index (χ4n) is 2.36. The van der Waals surface area contributed by atoms with E-state index in [4.69, 9.17) is 10.5 Å². The van der Waals surface area contributed by atoms with Crippen LogP contribution in [0, 0.1) is 0 Å². The normalized spacial score (nSPS) is 10.7. The average molecular weight is 323 g/mol. The molecule has 0 amide bonds. The smallest absolute Gasteiger partial charge is 0.222 e. The second kappa shape index (κ2) is 7.59. The number of rotatable bonds is 7. The minimum absolute atomic E-state index is 0.227. The van der Waals surface area contributed by atoms with Crippen LogP contribution in [-0.4, -0.2) is 21.5 Å². The number of nitrogens with two attached hydrogens (primary N) is 1. The summed E-state index contributed by atoms with van der Waals surface area (Å²) in [6.07, 6.45) is 5.60. The zero-order valence-corrected chi connectivity index (χ0v) is 13.7. The molecule has 0 bridgehead atoms. The van der Waals surface area contributed by atoms with E-state index in [9.17, 15) is 0 Å². The summed E-state index contributed by atoms with van der Waals surface area (Å²) in [5.74, 6) is 1.43. The molecule has 24 heavy (non-hydrogen) atoms. The zero-order valence-electron chi connectivity index (χ0n) is 13.7. The van der Waals surface area contributed by atoms with Crippen LogP contribution in [0.25, 0.3) is 10.8 Å². The number of nitrogens with zero attached hydrogens (tertiary/aromatic N) is 3. The van der Waals surface area contributed by atoms with Gasteiger partial charge >= 0.3 is 0 Å². The summed E-state index contributed by atoms with van der Waals surface area (Å²) in [6.45, 7) is 3.30. The van der Waals surface area contributed by atoms with Crippen LogP contribution in [0.15, 0.2) is 42.7 Å². The van der Waals surface area contributed by atoms with Gasteiger partial charge in [0, 0.05) is 18.1 Å². The van der Waals surface area contributed by atoms with Crippen molar-refractivity contribution < 1.29 is 4.74 Å². The molecule has 124 valence electrons. The Balaban J connectivity index is 1.72. The molecule has 0 atom stereocenters. The Hall–Kier alpha value is -2.89. The van der Waals surface area contributed by atoms with Crippen molar-refractivity contribution in [1.29, 1.82) is 0 Å². The molecule has 1 aromatic carbocycles. The number of hydrogen-bond donors (Lipinski definition) is 2. The van der Waals surface area contributed by atoms with Crippen LogP contribution in [0.3, 0.4) is 0 Å². The van der Waals surface area contributed by atoms with Crippen molar-refractivity contribution in [3.8, 4) is 5.75 Å². The van der Waals surface area contributed by atoms with Crippen LogP contribution in [0.4, 0.5) is 11.8 Å². The van der Waals surface area contributed by atoms with Crippen molar-refractivity contribution in [1.82, 2.24) is 15.0 Å². The molecule has 0 fully saturated rings. The summed E-state index contributed by atoms with van der Waals surface area (Å²) in [5.41, 5.74) is 6.52. The van der Waals surface area contributed by atoms with Gasteiger partial charge in [0.05, 0.1) is 11.9 Å². The summed E-state index contributed by atoms with van der Waals surface area (Å²) in [5, 5.41) is 5.49. The number of aromatic nitrogens is 3. The predicted molar refractivity (Wildman–Crippen MR) is 95.9 cm³/mol. The van der Waals surface area contributed by atoms with Gasteiger partial charge < -0.3 is 15.8 Å². The number of fused-ring (bicyclic) bond motifs is 1. The van der Waals surface area contributed by atoms with Gasteiger partial charge in [-0.3, -0.25) is 4.98 Å². The van der Waals surface area contributed by atoms with Gasteiger partial charge in [-0.1, -0.05) is 37.6 Å². The van der Waals surface area contributed by atoms with E-state index < -0.39 is 0 Å². The fourth-order valence-corrected chi connectivity index (χ4v) is 2.36. The lowest BCUT2D eigenvalue weighted by molar-refractivity contribution is 0.301. The van der Waals surface area contributed by atoms with Crippen molar-refractivity contribution >= 4 is 22.5 Å². The molecular weight excluding hydrogens is 302 g/mol. The van der Waals surface area contributed by atoms with E-state index in [1.807, 2.05) is 30.5 Å². The number of nitrogens with one attached hydrogen (secondary N) is 1. The molecule has 3 rings (SSSR count). The molecule has 0 aliphatic heterocycles. The molecule has 0 spiro atoms. The number of benzene rings is 1. The molecule has 3 aromatic rings. The van der Waals surface area contributed by atoms with Gasteiger partial charge in [0.15, 0.2) is 11.6 Å². The topological polar surface area (TPSA) is 86.0 Å². The van der Waals surface area contributed by atoms with E-state index in [-0.39, 0.29) is 5.95 Å². The first kappa shape index (κ1) is 16.0. The van der Waals surface area contributed by atoms with Gasteiger partial charge in [-0.15, -0.1) is 0 Å². The van der Waals surface area contributed by atoms with Crippen molar-refractivity contribution in [2.24, 2.45) is 0 Å². The highest BCUT2D eigenvalue weighted by Gasteiger charge is 2.08. The lowest BCUT2D eigenvalue weighted by Gasteiger charge is -2.12. The maximum Gasteiger partial charge on any atom is 0.222 e. The Morgan fingerprint density at radius 1 is 1.12 bits per heavy atom. The van der Waals surface area contributed by atoms with E-state index in [1.165, 1.54) is 0 Å². The van der Waals surface area contributed by atoms with E-state index in [1.54, 1.807) is 6.20 Å². The van der Waals surface area contributed by atoms with Gasteiger partial charge in [0.25, 0.3) is 0 Å². The third-order valence-electron chi connectivity index (χ3n) is 3.66. The Bertz CT molecular complexity index is 821. The largest absolute Gasteiger partial charge is 0.482 e. The van der Waals surface area contributed by atoms with E-state index in [2.05, 4.69) is 33.3 Å². The molecule has 0 radical (unpaired) electrons. The molecule has 2 aromatic heterocycles. The minimum Gasteiger partial charge on any atom is -0.482 e. The number of pyridine rings is 1. The molecule has 0 aliphatic rings. The third-order valence-corrected chi connectivity index (χ3v) is 3.66. The SMILES string of the molecule is CCCCNc1nc(N)ncc1OCc1cc2ccccc2cn1. The number of anilines is 2. The Morgan fingerprint density at radius 3 is 2.79 bits per heavy atom. The zero-order chi connectivity index (χ0) is 16.8. The van der Waals surface area contributed by atoms with E-state index in [0.29, 0.717) is 18.2 Å². The van der Waals surface area contributed by atoms with Gasteiger partial charge in [0.1, 0.15) is 6.61 Å². The van der Waals surface area contributed by atoms with Crippen molar-refractivity contribution in [3.63, 3.8) is 0 Å². The maximum absolute atomic E-state index is 5.85.